The number of rotatable bonds is 8. The molecule has 2 rings (SSSR count). The van der Waals surface area contributed by atoms with Crippen molar-refractivity contribution in [1.29, 1.82) is 0 Å². The third-order valence-electron chi connectivity index (χ3n) is 5.53. The van der Waals surface area contributed by atoms with Gasteiger partial charge < -0.3 is 18.9 Å². The van der Waals surface area contributed by atoms with Gasteiger partial charge in [-0.3, -0.25) is 14.4 Å². The Morgan fingerprint density at radius 2 is 1.51 bits per heavy atom. The van der Waals surface area contributed by atoms with Crippen molar-refractivity contribution >= 4 is 30.0 Å². The highest BCUT2D eigenvalue weighted by molar-refractivity contribution is 6.07. The SMILES string of the molecule is COC(=O)NOCC(=O)OCOC(=O)N(C(=O)c1cccc(OC)c1C)N(C(=O)c1cc(C)cc(C)c1)C(C)(C)C. The minimum Gasteiger partial charge on any atom is -0.496 e. The molecule has 13 nitrogen and oxygen atoms in total. The van der Waals surface area contributed by atoms with Gasteiger partial charge in [-0.25, -0.2) is 19.4 Å². The van der Waals surface area contributed by atoms with Crippen LogP contribution in [0.4, 0.5) is 9.59 Å². The summed E-state index contributed by atoms with van der Waals surface area (Å²) >= 11 is 0. The van der Waals surface area contributed by atoms with Crippen LogP contribution in [0.3, 0.4) is 0 Å². The number of hydrogen-bond donors (Lipinski definition) is 1. The molecule has 0 atom stereocenters. The number of hydroxylamine groups is 1. The smallest absolute Gasteiger partial charge is 0.439 e. The van der Waals surface area contributed by atoms with Crippen LogP contribution in [0.25, 0.3) is 0 Å². The number of methoxy groups -OCH3 is 2. The van der Waals surface area contributed by atoms with Crippen LogP contribution in [0.1, 0.15) is 58.2 Å². The Morgan fingerprint density at radius 3 is 2.07 bits per heavy atom. The molecule has 0 heterocycles. The zero-order valence-corrected chi connectivity index (χ0v) is 24.4. The molecule has 0 saturated carbocycles. The first-order valence-electron chi connectivity index (χ1n) is 12.4. The van der Waals surface area contributed by atoms with Crippen LogP contribution in [-0.2, 0) is 23.8 Å². The Hall–Kier alpha value is -4.65. The molecule has 4 amide bonds. The fraction of sp³-hybridized carbons (Fsp3) is 0.393. The number of amides is 4. The first kappa shape index (κ1) is 32.6. The van der Waals surface area contributed by atoms with E-state index in [9.17, 15) is 24.0 Å². The number of esters is 1. The largest absolute Gasteiger partial charge is 0.496 e. The summed E-state index contributed by atoms with van der Waals surface area (Å²) in [4.78, 5) is 68.8. The Morgan fingerprint density at radius 1 is 0.878 bits per heavy atom. The van der Waals surface area contributed by atoms with Gasteiger partial charge in [-0.1, -0.05) is 23.3 Å². The number of nitrogens with zero attached hydrogens (tertiary/aromatic N) is 2. The van der Waals surface area contributed by atoms with Gasteiger partial charge in [-0.2, -0.15) is 5.48 Å². The Balaban J connectivity index is 2.44. The van der Waals surface area contributed by atoms with E-state index in [1.165, 1.54) is 13.2 Å². The van der Waals surface area contributed by atoms with Gasteiger partial charge >= 0.3 is 18.2 Å². The fourth-order valence-electron chi connectivity index (χ4n) is 3.80. The maximum Gasteiger partial charge on any atom is 0.439 e. The number of carbonyl (C=O) groups excluding carboxylic acids is 5. The number of carbonyl (C=O) groups is 5. The van der Waals surface area contributed by atoms with Gasteiger partial charge in [-0.15, -0.1) is 5.01 Å². The van der Waals surface area contributed by atoms with E-state index in [2.05, 4.69) is 9.57 Å². The molecule has 1 N–H and O–H groups in total. The summed E-state index contributed by atoms with van der Waals surface area (Å²) in [7, 11) is 2.54. The summed E-state index contributed by atoms with van der Waals surface area (Å²) in [5.41, 5.74) is 3.06. The molecule has 0 bridgehead atoms. The van der Waals surface area contributed by atoms with Gasteiger partial charge in [0.15, 0.2) is 6.61 Å². The molecule has 2 aromatic rings. The molecular weight excluding hydrogens is 538 g/mol. The molecule has 0 unspecified atom stereocenters. The second-order valence-electron chi connectivity index (χ2n) is 9.84. The van der Waals surface area contributed by atoms with Crippen molar-refractivity contribution in [2.24, 2.45) is 0 Å². The second kappa shape index (κ2) is 14.1. The maximum atomic E-state index is 14.0. The number of benzene rings is 2. The molecule has 0 aliphatic heterocycles. The predicted molar refractivity (Wildman–Crippen MR) is 145 cm³/mol. The van der Waals surface area contributed by atoms with E-state index in [1.807, 2.05) is 25.4 Å². The predicted octanol–water partition coefficient (Wildman–Crippen LogP) is 3.84. The minimum absolute atomic E-state index is 0.0723. The molecule has 2 aromatic carbocycles. The van der Waals surface area contributed by atoms with Crippen LogP contribution in [0.15, 0.2) is 36.4 Å². The van der Waals surface area contributed by atoms with Crippen molar-refractivity contribution in [2.75, 3.05) is 27.6 Å². The van der Waals surface area contributed by atoms with E-state index in [-0.39, 0.29) is 11.1 Å². The van der Waals surface area contributed by atoms with Gasteiger partial charge in [0.05, 0.1) is 19.8 Å². The number of hydrazine groups is 1. The number of imide groups is 1. The lowest BCUT2D eigenvalue weighted by molar-refractivity contribution is -0.160. The van der Waals surface area contributed by atoms with Gasteiger partial charge in [0.25, 0.3) is 11.8 Å². The van der Waals surface area contributed by atoms with Crippen molar-refractivity contribution in [2.45, 2.75) is 47.1 Å². The normalized spacial score (nSPS) is 10.7. The summed E-state index contributed by atoms with van der Waals surface area (Å²) < 4.78 is 19.5. The van der Waals surface area contributed by atoms with E-state index < -0.39 is 48.9 Å². The number of ether oxygens (including phenoxy) is 4. The lowest BCUT2D eigenvalue weighted by Gasteiger charge is -2.41. The van der Waals surface area contributed by atoms with E-state index in [0.29, 0.717) is 16.3 Å². The highest BCUT2D eigenvalue weighted by Gasteiger charge is 2.41. The molecule has 0 aliphatic rings. The van der Waals surface area contributed by atoms with Gasteiger partial charge in [0.2, 0.25) is 6.79 Å². The lowest BCUT2D eigenvalue weighted by atomic mass is 10.0. The van der Waals surface area contributed by atoms with Crippen LogP contribution < -0.4 is 10.2 Å². The van der Waals surface area contributed by atoms with Gasteiger partial charge in [0, 0.05) is 16.7 Å². The molecule has 13 heteroatoms. The number of aryl methyl sites for hydroxylation is 2. The number of nitrogens with one attached hydrogen (secondary N) is 1. The average Bonchev–Trinajstić information content (AvgIpc) is 2.89. The Bertz CT molecular complexity index is 1280. The van der Waals surface area contributed by atoms with Gasteiger partial charge in [0.1, 0.15) is 5.75 Å². The highest BCUT2D eigenvalue weighted by atomic mass is 16.7. The maximum absolute atomic E-state index is 14.0. The lowest BCUT2D eigenvalue weighted by Crippen LogP contribution is -2.60. The Kier molecular flexibility index (Phi) is 11.2. The monoisotopic (exact) mass is 573 g/mol. The first-order chi connectivity index (χ1) is 19.2. The quantitative estimate of drug-likeness (QED) is 0.280. The minimum atomic E-state index is -1.29. The van der Waals surface area contributed by atoms with Crippen LogP contribution in [0.5, 0.6) is 5.75 Å². The van der Waals surface area contributed by atoms with E-state index in [1.54, 1.807) is 52.0 Å². The molecule has 41 heavy (non-hydrogen) atoms. The molecular formula is C28H35N3O10. The average molecular weight is 574 g/mol. The van der Waals surface area contributed by atoms with Crippen molar-refractivity contribution in [1.82, 2.24) is 15.5 Å². The van der Waals surface area contributed by atoms with E-state index in [4.69, 9.17) is 14.2 Å². The highest BCUT2D eigenvalue weighted by Crippen LogP contribution is 2.27. The molecule has 222 valence electrons. The third-order valence-corrected chi connectivity index (χ3v) is 5.53. The van der Waals surface area contributed by atoms with Crippen LogP contribution in [-0.4, -0.2) is 73.1 Å². The standard InChI is InChI=1S/C28H35N3O10/c1-17-12-18(2)14-20(13-17)24(33)31(28(4,5)6)30(25(34)21-10-9-11-22(37-7)19(21)3)27(36)40-16-39-23(32)15-41-29-26(35)38-8/h9-14H,15-16H2,1-8H3,(H,29,35). The molecule has 0 radical (unpaired) electrons. The summed E-state index contributed by atoms with van der Waals surface area (Å²) in [6, 6.07) is 9.86. The molecule has 0 spiro atoms. The summed E-state index contributed by atoms with van der Waals surface area (Å²) in [6.45, 7) is 8.56. The molecule has 0 aromatic heterocycles. The Labute approximate surface area is 238 Å². The fourth-order valence-corrected chi connectivity index (χ4v) is 3.80. The third kappa shape index (κ3) is 8.67. The van der Waals surface area contributed by atoms with Crippen LogP contribution in [0.2, 0.25) is 0 Å². The van der Waals surface area contributed by atoms with Crippen LogP contribution in [0, 0.1) is 20.8 Å². The molecule has 0 aliphatic carbocycles. The first-order valence-corrected chi connectivity index (χ1v) is 12.4. The topological polar surface area (TPSA) is 150 Å². The zero-order chi connectivity index (χ0) is 30.9. The molecule has 0 fully saturated rings. The summed E-state index contributed by atoms with van der Waals surface area (Å²) in [6.07, 6.45) is -2.23. The zero-order valence-electron chi connectivity index (χ0n) is 24.4. The molecule has 0 saturated heterocycles. The van der Waals surface area contributed by atoms with E-state index in [0.717, 1.165) is 23.2 Å². The van der Waals surface area contributed by atoms with Crippen molar-refractivity contribution < 1.29 is 47.8 Å². The van der Waals surface area contributed by atoms with Crippen molar-refractivity contribution in [3.8, 4) is 5.75 Å². The van der Waals surface area contributed by atoms with E-state index >= 15 is 0 Å². The van der Waals surface area contributed by atoms with Crippen LogP contribution >= 0.6 is 0 Å². The summed E-state index contributed by atoms with van der Waals surface area (Å²) in [5.74, 6) is -2.14. The summed E-state index contributed by atoms with van der Waals surface area (Å²) in [5, 5.41) is 1.57. The van der Waals surface area contributed by atoms with Gasteiger partial charge in [-0.05, 0) is 65.8 Å². The van der Waals surface area contributed by atoms with Crippen molar-refractivity contribution in [3.05, 3.63) is 64.2 Å². The second-order valence-corrected chi connectivity index (χ2v) is 9.84. The number of hydrogen-bond acceptors (Lipinski definition) is 10. The van der Waals surface area contributed by atoms with Crippen molar-refractivity contribution in [3.63, 3.8) is 0 Å².